The van der Waals surface area contributed by atoms with Crippen molar-refractivity contribution in [1.29, 1.82) is 0 Å². The zero-order valence-electron chi connectivity index (χ0n) is 30.0. The standard InChI is InChI=1S/C36H74S/c1-22-23-24-29(7,8)33(15,16)36(32(13,14)27(2)3)25-30(9,10)34(17,18)37(21,28(4,5)6)35(19,20)31(11,12)26-36/h27H,22-26H2,1-21H3. The van der Waals surface area contributed by atoms with Crippen molar-refractivity contribution in [3.05, 3.63) is 0 Å². The molecule has 1 aliphatic heterocycles. The Hall–Kier alpha value is 0.350. The molecular weight excluding hydrogens is 464 g/mol. The third kappa shape index (κ3) is 4.72. The van der Waals surface area contributed by atoms with Crippen LogP contribution in [-0.4, -0.2) is 20.5 Å². The zero-order valence-corrected chi connectivity index (χ0v) is 30.8. The second-order valence-electron chi connectivity index (χ2n) is 18.7. The van der Waals surface area contributed by atoms with Crippen molar-refractivity contribution in [3.8, 4) is 0 Å². The summed E-state index contributed by atoms with van der Waals surface area (Å²) in [6, 6.07) is 0. The lowest BCUT2D eigenvalue weighted by atomic mass is 9.37. The summed E-state index contributed by atoms with van der Waals surface area (Å²) in [7, 11) is -1.10. The Balaban J connectivity index is 4.36. The molecule has 37 heavy (non-hydrogen) atoms. The van der Waals surface area contributed by atoms with Crippen molar-refractivity contribution >= 4 is 10.0 Å². The first-order valence-electron chi connectivity index (χ1n) is 15.7. The molecule has 1 aliphatic rings. The highest BCUT2D eigenvalue weighted by Crippen LogP contribution is 2.84. The molecule has 0 bridgehead atoms. The lowest BCUT2D eigenvalue weighted by Crippen LogP contribution is -2.68. The minimum atomic E-state index is -1.10. The third-order valence-electron chi connectivity index (χ3n) is 14.7. The Morgan fingerprint density at radius 2 is 1.03 bits per heavy atom. The summed E-state index contributed by atoms with van der Waals surface area (Å²) in [4.78, 5) is 0. The number of unbranched alkanes of at least 4 members (excludes halogenated alkanes) is 1. The van der Waals surface area contributed by atoms with Gasteiger partial charge in [-0.3, -0.25) is 0 Å². The molecule has 1 heterocycles. The average molecular weight is 539 g/mol. The summed E-state index contributed by atoms with van der Waals surface area (Å²) in [5.41, 5.74) is 1.21. The van der Waals surface area contributed by atoms with Crippen LogP contribution in [0.5, 0.6) is 0 Å². The van der Waals surface area contributed by atoms with Crippen LogP contribution in [0.15, 0.2) is 0 Å². The predicted octanol–water partition coefficient (Wildman–Crippen LogP) is 12.5. The fraction of sp³-hybridized carbons (Fsp3) is 1.00. The van der Waals surface area contributed by atoms with E-state index in [9.17, 15) is 0 Å². The van der Waals surface area contributed by atoms with Crippen molar-refractivity contribution in [2.45, 2.75) is 185 Å². The van der Waals surface area contributed by atoms with Gasteiger partial charge in [0.1, 0.15) is 0 Å². The zero-order chi connectivity index (χ0) is 30.1. The van der Waals surface area contributed by atoms with Gasteiger partial charge in [0.05, 0.1) is 0 Å². The molecule has 1 heteroatoms. The summed E-state index contributed by atoms with van der Waals surface area (Å²) in [5, 5.41) is 0. The normalized spacial score (nSPS) is 32.4. The highest BCUT2D eigenvalue weighted by atomic mass is 32.3. The van der Waals surface area contributed by atoms with E-state index in [-0.39, 0.29) is 46.7 Å². The van der Waals surface area contributed by atoms with Gasteiger partial charge >= 0.3 is 0 Å². The van der Waals surface area contributed by atoms with Crippen LogP contribution in [0.3, 0.4) is 0 Å². The summed E-state index contributed by atoms with van der Waals surface area (Å²) in [6.45, 7) is 52.3. The van der Waals surface area contributed by atoms with Crippen LogP contribution in [0.1, 0.15) is 171 Å². The molecule has 0 aromatic carbocycles. The maximum absolute atomic E-state index is 2.74. The van der Waals surface area contributed by atoms with E-state index < -0.39 is 10.0 Å². The molecular formula is C36H74S. The maximum Gasteiger partial charge on any atom is 0.000411 e. The van der Waals surface area contributed by atoms with Gasteiger partial charge in [-0.1, -0.05) is 151 Å². The molecule has 0 aromatic heterocycles. The Bertz CT molecular complexity index is 761. The van der Waals surface area contributed by atoms with Crippen LogP contribution in [0.4, 0.5) is 0 Å². The van der Waals surface area contributed by atoms with E-state index in [4.69, 9.17) is 0 Å². The molecule has 0 N–H and O–H groups in total. The van der Waals surface area contributed by atoms with Crippen molar-refractivity contribution in [3.63, 3.8) is 0 Å². The van der Waals surface area contributed by atoms with Gasteiger partial charge in [-0.05, 0) is 68.7 Å². The van der Waals surface area contributed by atoms with Crippen LogP contribution in [0.25, 0.3) is 0 Å². The smallest absolute Gasteiger partial charge is 0.000411 e. The van der Waals surface area contributed by atoms with E-state index in [1.54, 1.807) is 0 Å². The molecule has 0 nitrogen and oxygen atoms in total. The van der Waals surface area contributed by atoms with Gasteiger partial charge in [-0.2, -0.15) is 0 Å². The fourth-order valence-electron chi connectivity index (χ4n) is 9.11. The Kier molecular flexibility index (Phi) is 9.30. The van der Waals surface area contributed by atoms with Gasteiger partial charge < -0.3 is 0 Å². The minimum absolute atomic E-state index is 0.175. The van der Waals surface area contributed by atoms with E-state index in [1.165, 1.54) is 32.1 Å². The van der Waals surface area contributed by atoms with Crippen molar-refractivity contribution in [1.82, 2.24) is 0 Å². The highest BCUT2D eigenvalue weighted by molar-refractivity contribution is 8.36. The molecule has 0 amide bonds. The molecule has 0 aliphatic carbocycles. The van der Waals surface area contributed by atoms with Crippen molar-refractivity contribution < 1.29 is 0 Å². The molecule has 0 saturated carbocycles. The third-order valence-corrected chi connectivity index (χ3v) is 22.4. The van der Waals surface area contributed by atoms with Crippen LogP contribution in [0, 0.1) is 38.4 Å². The topological polar surface area (TPSA) is 0 Å². The lowest BCUT2D eigenvalue weighted by molar-refractivity contribution is -0.185. The summed E-state index contributed by atoms with van der Waals surface area (Å²) < 4.78 is 0.681. The van der Waals surface area contributed by atoms with Gasteiger partial charge in [0.2, 0.25) is 0 Å². The quantitative estimate of drug-likeness (QED) is 0.302. The molecule has 1 fully saturated rings. The Morgan fingerprint density at radius 3 is 1.30 bits per heavy atom. The fourth-order valence-corrected chi connectivity index (χ4v) is 15.8. The minimum Gasteiger partial charge on any atom is -0.228 e. The van der Waals surface area contributed by atoms with Gasteiger partial charge in [0.25, 0.3) is 0 Å². The summed E-state index contributed by atoms with van der Waals surface area (Å²) in [5.74, 6) is 0.618. The Labute approximate surface area is 239 Å². The summed E-state index contributed by atoms with van der Waals surface area (Å²) in [6.07, 6.45) is 9.24. The first-order valence-corrected chi connectivity index (χ1v) is 17.7. The molecule has 0 unspecified atom stereocenters. The van der Waals surface area contributed by atoms with Gasteiger partial charge in [-0.25, -0.2) is 10.0 Å². The lowest BCUT2D eigenvalue weighted by Gasteiger charge is -2.78. The molecule has 0 aromatic rings. The predicted molar refractivity (Wildman–Crippen MR) is 176 cm³/mol. The molecule has 0 radical (unpaired) electrons. The van der Waals surface area contributed by atoms with Crippen LogP contribution >= 0.6 is 10.0 Å². The number of hydrogen-bond donors (Lipinski definition) is 0. The van der Waals surface area contributed by atoms with E-state index in [1.807, 2.05) is 0 Å². The SMILES string of the molecule is CCCCC(C)(C)C(C)(C)C1(C(C)(C)C(C)C)CC(C)(C)C(C)(C)S(C)(C(C)(C)C)C(C)(C)C(C)(C)C1. The van der Waals surface area contributed by atoms with E-state index in [0.717, 1.165) is 0 Å². The van der Waals surface area contributed by atoms with Gasteiger partial charge in [0, 0.05) is 9.49 Å². The first-order chi connectivity index (χ1) is 15.9. The second-order valence-corrected chi connectivity index (χ2v) is 23.8. The van der Waals surface area contributed by atoms with Gasteiger partial charge in [0.15, 0.2) is 0 Å². The van der Waals surface area contributed by atoms with Crippen LogP contribution in [0.2, 0.25) is 0 Å². The van der Waals surface area contributed by atoms with Crippen molar-refractivity contribution in [2.24, 2.45) is 38.4 Å². The monoisotopic (exact) mass is 539 g/mol. The average Bonchev–Trinajstić information content (AvgIpc) is 2.68. The maximum atomic E-state index is 2.74. The number of hydrogen-bond acceptors (Lipinski definition) is 0. The van der Waals surface area contributed by atoms with Gasteiger partial charge in [-0.15, -0.1) is 0 Å². The molecule has 1 rings (SSSR count). The molecule has 0 atom stereocenters. The van der Waals surface area contributed by atoms with Crippen LogP contribution in [-0.2, 0) is 0 Å². The largest absolute Gasteiger partial charge is 0.228 e. The van der Waals surface area contributed by atoms with Crippen molar-refractivity contribution in [2.75, 3.05) is 6.26 Å². The number of rotatable bonds is 7. The van der Waals surface area contributed by atoms with E-state index in [2.05, 4.69) is 145 Å². The molecule has 0 spiro atoms. The molecule has 224 valence electrons. The van der Waals surface area contributed by atoms with E-state index >= 15 is 0 Å². The second kappa shape index (κ2) is 9.72. The summed E-state index contributed by atoms with van der Waals surface area (Å²) >= 11 is 0. The van der Waals surface area contributed by atoms with E-state index in [0.29, 0.717) is 5.92 Å². The highest BCUT2D eigenvalue weighted by Gasteiger charge is 2.70. The van der Waals surface area contributed by atoms with Crippen LogP contribution < -0.4 is 0 Å². The molecule has 1 saturated heterocycles. The first kappa shape index (κ1) is 35.4. The Morgan fingerprint density at radius 1 is 0.676 bits per heavy atom.